The first kappa shape index (κ1) is 9.21. The van der Waals surface area contributed by atoms with Crippen molar-refractivity contribution in [3.8, 4) is 0 Å². The normalized spacial score (nSPS) is 21.5. The van der Waals surface area contributed by atoms with Crippen molar-refractivity contribution < 1.29 is 0 Å². The molecule has 1 aromatic heterocycles. The number of hydrogen-bond acceptors (Lipinski definition) is 2. The van der Waals surface area contributed by atoms with E-state index in [4.69, 9.17) is 0 Å². The Bertz CT molecular complexity index is 295. The number of aromatic nitrogens is 2. The third-order valence-corrected chi connectivity index (χ3v) is 3.29. The molecule has 0 saturated carbocycles. The van der Waals surface area contributed by atoms with E-state index in [0.717, 1.165) is 30.0 Å². The van der Waals surface area contributed by atoms with Crippen molar-refractivity contribution in [1.82, 2.24) is 14.9 Å². The number of hydrogen-bond donors (Lipinski definition) is 1. The molecular formula is C9H14BrN3. The van der Waals surface area contributed by atoms with E-state index in [1.807, 2.05) is 13.4 Å². The summed E-state index contributed by atoms with van der Waals surface area (Å²) in [4.78, 5) is 4.25. The van der Waals surface area contributed by atoms with Gasteiger partial charge in [-0.1, -0.05) is 0 Å². The Kier molecular flexibility index (Phi) is 2.69. The molecule has 0 saturated heterocycles. The van der Waals surface area contributed by atoms with Crippen LogP contribution in [0.1, 0.15) is 12.1 Å². The summed E-state index contributed by atoms with van der Waals surface area (Å²) < 4.78 is 3.28. The molecule has 13 heavy (non-hydrogen) atoms. The van der Waals surface area contributed by atoms with Gasteiger partial charge in [0, 0.05) is 6.54 Å². The van der Waals surface area contributed by atoms with Crippen molar-refractivity contribution >= 4 is 15.9 Å². The van der Waals surface area contributed by atoms with Crippen molar-refractivity contribution in [1.29, 1.82) is 0 Å². The summed E-state index contributed by atoms with van der Waals surface area (Å²) in [5, 5.41) is 3.23. The summed E-state index contributed by atoms with van der Waals surface area (Å²) in [6.45, 7) is 2.21. The molecule has 1 aromatic rings. The molecule has 0 amide bonds. The van der Waals surface area contributed by atoms with Gasteiger partial charge in [0.15, 0.2) is 0 Å². The first-order valence-corrected chi connectivity index (χ1v) is 5.44. The molecule has 1 aliphatic heterocycles. The Hall–Kier alpha value is -0.350. The first-order valence-electron chi connectivity index (χ1n) is 4.65. The molecule has 0 radical (unpaired) electrons. The monoisotopic (exact) mass is 243 g/mol. The summed E-state index contributed by atoms with van der Waals surface area (Å²) in [7, 11) is 2.01. The van der Waals surface area contributed by atoms with Crippen LogP contribution >= 0.6 is 15.9 Å². The highest BCUT2D eigenvalue weighted by Crippen LogP contribution is 2.24. The Morgan fingerprint density at radius 3 is 3.38 bits per heavy atom. The second-order valence-corrected chi connectivity index (χ2v) is 4.35. The number of halogens is 1. The van der Waals surface area contributed by atoms with Crippen LogP contribution in [0.15, 0.2) is 10.9 Å². The zero-order valence-corrected chi connectivity index (χ0v) is 9.34. The fourth-order valence-electron chi connectivity index (χ4n) is 1.95. The molecule has 0 fully saturated rings. The third kappa shape index (κ3) is 1.79. The van der Waals surface area contributed by atoms with Gasteiger partial charge in [-0.05, 0) is 48.3 Å². The van der Waals surface area contributed by atoms with Gasteiger partial charge in [0.2, 0.25) is 0 Å². The van der Waals surface area contributed by atoms with Gasteiger partial charge in [-0.15, -0.1) is 0 Å². The maximum atomic E-state index is 4.25. The van der Waals surface area contributed by atoms with Crippen LogP contribution in [0.25, 0.3) is 0 Å². The van der Waals surface area contributed by atoms with E-state index in [-0.39, 0.29) is 0 Å². The van der Waals surface area contributed by atoms with Crippen LogP contribution in [0.5, 0.6) is 0 Å². The zero-order chi connectivity index (χ0) is 9.26. The molecule has 4 heteroatoms. The van der Waals surface area contributed by atoms with Gasteiger partial charge in [0.25, 0.3) is 0 Å². The number of nitrogens with zero attached hydrogens (tertiary/aromatic N) is 2. The highest BCUT2D eigenvalue weighted by Gasteiger charge is 2.19. The molecule has 2 heterocycles. The Labute approximate surface area is 86.7 Å². The van der Waals surface area contributed by atoms with Gasteiger partial charge in [0.05, 0.1) is 12.0 Å². The van der Waals surface area contributed by atoms with Crippen molar-refractivity contribution in [2.45, 2.75) is 19.4 Å². The molecule has 0 bridgehead atoms. The van der Waals surface area contributed by atoms with E-state index in [1.165, 1.54) is 12.1 Å². The number of rotatable bonds is 2. The minimum atomic E-state index is 0.763. The predicted octanol–water partition coefficient (Wildman–Crippen LogP) is 1.43. The Morgan fingerprint density at radius 1 is 1.77 bits per heavy atom. The standard InChI is InChI=1S/C9H14BrN3/c1-11-4-7-2-3-8-9(10)12-6-13(8)5-7/h6-7,11H,2-5H2,1H3. The van der Waals surface area contributed by atoms with Crippen molar-refractivity contribution in [2.75, 3.05) is 13.6 Å². The Morgan fingerprint density at radius 2 is 2.62 bits per heavy atom. The summed E-state index contributed by atoms with van der Waals surface area (Å²) >= 11 is 3.46. The van der Waals surface area contributed by atoms with Crippen LogP contribution in [0, 0.1) is 5.92 Å². The van der Waals surface area contributed by atoms with E-state index >= 15 is 0 Å². The minimum Gasteiger partial charge on any atom is -0.333 e. The average molecular weight is 244 g/mol. The summed E-state index contributed by atoms with van der Waals surface area (Å²) in [6.07, 6.45) is 4.35. The topological polar surface area (TPSA) is 29.9 Å². The van der Waals surface area contributed by atoms with Crippen LogP contribution in [-0.2, 0) is 13.0 Å². The zero-order valence-electron chi connectivity index (χ0n) is 7.76. The van der Waals surface area contributed by atoms with Crippen LogP contribution in [0.4, 0.5) is 0 Å². The largest absolute Gasteiger partial charge is 0.333 e. The highest BCUT2D eigenvalue weighted by molar-refractivity contribution is 9.10. The van der Waals surface area contributed by atoms with E-state index in [9.17, 15) is 0 Å². The second kappa shape index (κ2) is 3.80. The second-order valence-electron chi connectivity index (χ2n) is 3.60. The lowest BCUT2D eigenvalue weighted by Crippen LogP contribution is -2.27. The lowest BCUT2D eigenvalue weighted by Gasteiger charge is -2.23. The summed E-state index contributed by atoms with van der Waals surface area (Å²) in [6, 6.07) is 0. The minimum absolute atomic E-state index is 0.763. The predicted molar refractivity (Wildman–Crippen MR) is 55.7 cm³/mol. The van der Waals surface area contributed by atoms with Crippen molar-refractivity contribution in [3.05, 3.63) is 16.6 Å². The van der Waals surface area contributed by atoms with E-state index < -0.39 is 0 Å². The first-order chi connectivity index (χ1) is 6.31. The Balaban J connectivity index is 2.11. The average Bonchev–Trinajstić information content (AvgIpc) is 2.48. The van der Waals surface area contributed by atoms with Gasteiger partial charge < -0.3 is 9.88 Å². The summed E-state index contributed by atoms with van der Waals surface area (Å²) in [5.74, 6) is 0.763. The number of nitrogens with one attached hydrogen (secondary N) is 1. The van der Waals surface area contributed by atoms with Gasteiger partial charge in [-0.25, -0.2) is 4.98 Å². The summed E-state index contributed by atoms with van der Waals surface area (Å²) in [5.41, 5.74) is 1.35. The van der Waals surface area contributed by atoms with Crippen LogP contribution < -0.4 is 5.32 Å². The smallest absolute Gasteiger partial charge is 0.127 e. The molecule has 1 unspecified atom stereocenters. The fraction of sp³-hybridized carbons (Fsp3) is 0.667. The highest BCUT2D eigenvalue weighted by atomic mass is 79.9. The van der Waals surface area contributed by atoms with Crippen molar-refractivity contribution in [3.63, 3.8) is 0 Å². The molecule has 1 N–H and O–H groups in total. The maximum Gasteiger partial charge on any atom is 0.127 e. The van der Waals surface area contributed by atoms with E-state index in [1.54, 1.807) is 0 Å². The molecule has 1 atom stereocenters. The molecule has 1 aliphatic rings. The molecule has 0 spiro atoms. The third-order valence-electron chi connectivity index (χ3n) is 2.63. The fourth-order valence-corrected chi connectivity index (χ4v) is 2.47. The van der Waals surface area contributed by atoms with Crippen molar-refractivity contribution in [2.24, 2.45) is 5.92 Å². The number of fused-ring (bicyclic) bond motifs is 1. The quantitative estimate of drug-likeness (QED) is 0.852. The molecule has 2 rings (SSSR count). The van der Waals surface area contributed by atoms with Gasteiger partial charge >= 0.3 is 0 Å². The SMILES string of the molecule is CNCC1CCc2c(Br)ncn2C1. The van der Waals surface area contributed by atoms with Crippen LogP contribution in [0.2, 0.25) is 0 Å². The van der Waals surface area contributed by atoms with Gasteiger partial charge in [-0.3, -0.25) is 0 Å². The van der Waals surface area contributed by atoms with Gasteiger partial charge in [-0.2, -0.15) is 0 Å². The maximum absolute atomic E-state index is 4.25. The molecule has 3 nitrogen and oxygen atoms in total. The van der Waals surface area contributed by atoms with E-state index in [2.05, 4.69) is 30.8 Å². The van der Waals surface area contributed by atoms with Crippen LogP contribution in [0.3, 0.4) is 0 Å². The van der Waals surface area contributed by atoms with Crippen LogP contribution in [-0.4, -0.2) is 23.1 Å². The lowest BCUT2D eigenvalue weighted by atomic mass is 9.98. The number of imidazole rings is 1. The van der Waals surface area contributed by atoms with E-state index in [0.29, 0.717) is 0 Å². The molecule has 0 aliphatic carbocycles. The molecule has 72 valence electrons. The molecular weight excluding hydrogens is 230 g/mol. The van der Waals surface area contributed by atoms with Gasteiger partial charge in [0.1, 0.15) is 4.60 Å². The molecule has 0 aromatic carbocycles. The lowest BCUT2D eigenvalue weighted by molar-refractivity contribution is 0.360.